The summed E-state index contributed by atoms with van der Waals surface area (Å²) in [5.41, 5.74) is 0.301. The number of carbonyl (C=O) groups is 3. The fraction of sp³-hybridized carbons (Fsp3) is 0.310. The lowest BCUT2D eigenvalue weighted by Crippen LogP contribution is -2.49. The molecule has 2 fully saturated rings. The van der Waals surface area contributed by atoms with E-state index >= 15 is 4.39 Å². The first-order valence-corrected chi connectivity index (χ1v) is 13.3. The zero-order chi connectivity index (χ0) is 28.6. The first-order valence-electron chi connectivity index (χ1n) is 12.9. The first-order chi connectivity index (χ1) is 19.1. The third-order valence-electron chi connectivity index (χ3n) is 7.06. The Morgan fingerprint density at radius 1 is 0.900 bits per heavy atom. The lowest BCUT2D eigenvalue weighted by Gasteiger charge is -2.35. The van der Waals surface area contributed by atoms with E-state index in [4.69, 9.17) is 16.3 Å². The minimum atomic E-state index is -0.996. The minimum absolute atomic E-state index is 0.124. The van der Waals surface area contributed by atoms with Crippen LogP contribution in [0.5, 0.6) is 0 Å². The summed E-state index contributed by atoms with van der Waals surface area (Å²) < 4.78 is 22.0. The molecular formula is C29H28ClFN4O5. The van der Waals surface area contributed by atoms with Gasteiger partial charge in [-0.1, -0.05) is 17.7 Å². The van der Waals surface area contributed by atoms with Crippen LogP contribution in [-0.2, 0) is 19.1 Å². The van der Waals surface area contributed by atoms with Crippen molar-refractivity contribution in [3.8, 4) is 5.69 Å². The molecule has 2 aliphatic rings. The molecule has 5 atom stereocenters. The Kier molecular flexibility index (Phi) is 7.73. The lowest BCUT2D eigenvalue weighted by atomic mass is 10.2. The number of nitrogens with one attached hydrogen (secondary N) is 2. The average molecular weight is 567 g/mol. The molecule has 5 rings (SSSR count). The SMILES string of the molecule is C[C@@H]1CN(C(=O)[C@H]2[C@H](C(=O)Nc3ccc(Cl)cc3)[C@@H]2C(=O)Nc2ccc(-n3ccccc3=O)cc2F)C[C@H](C)O1. The molecule has 1 aromatic heterocycles. The molecule has 0 unspecified atom stereocenters. The molecule has 1 aliphatic carbocycles. The van der Waals surface area contributed by atoms with Crippen molar-refractivity contribution in [1.29, 1.82) is 0 Å². The number of pyridine rings is 1. The first kappa shape index (κ1) is 27.5. The average Bonchev–Trinajstić information content (AvgIpc) is 3.67. The van der Waals surface area contributed by atoms with E-state index in [2.05, 4.69) is 10.6 Å². The highest BCUT2D eigenvalue weighted by molar-refractivity contribution is 6.30. The van der Waals surface area contributed by atoms with Gasteiger partial charge in [-0.3, -0.25) is 23.7 Å². The van der Waals surface area contributed by atoms with Crippen LogP contribution in [0.15, 0.2) is 71.7 Å². The lowest BCUT2D eigenvalue weighted by molar-refractivity contribution is -0.146. The Morgan fingerprint density at radius 2 is 1.55 bits per heavy atom. The van der Waals surface area contributed by atoms with Crippen LogP contribution in [-0.4, -0.2) is 52.5 Å². The minimum Gasteiger partial charge on any atom is -0.372 e. The second-order valence-corrected chi connectivity index (χ2v) is 10.6. The molecule has 2 aromatic carbocycles. The molecule has 40 heavy (non-hydrogen) atoms. The number of halogens is 2. The number of ether oxygens (including phenoxy) is 1. The highest BCUT2D eigenvalue weighted by Gasteiger charge is 2.63. The highest BCUT2D eigenvalue weighted by atomic mass is 35.5. The Morgan fingerprint density at radius 3 is 2.17 bits per heavy atom. The number of carbonyl (C=O) groups excluding carboxylic acids is 3. The summed E-state index contributed by atoms with van der Waals surface area (Å²) in [7, 11) is 0. The van der Waals surface area contributed by atoms with E-state index in [0.717, 1.165) is 6.07 Å². The molecule has 11 heteroatoms. The summed E-state index contributed by atoms with van der Waals surface area (Å²) in [5.74, 6) is -5.07. The van der Waals surface area contributed by atoms with Gasteiger partial charge in [0.15, 0.2) is 0 Å². The molecule has 1 saturated carbocycles. The van der Waals surface area contributed by atoms with Crippen LogP contribution < -0.4 is 16.2 Å². The molecule has 2 heterocycles. The van der Waals surface area contributed by atoms with Crippen LogP contribution in [0.1, 0.15) is 13.8 Å². The highest BCUT2D eigenvalue weighted by Crippen LogP contribution is 2.49. The molecule has 0 spiro atoms. The van der Waals surface area contributed by atoms with Crippen LogP contribution >= 0.6 is 11.6 Å². The molecule has 0 bridgehead atoms. The quantitative estimate of drug-likeness (QED) is 0.473. The molecule has 1 aliphatic heterocycles. The van der Waals surface area contributed by atoms with Gasteiger partial charge in [0.05, 0.1) is 41.3 Å². The zero-order valence-corrected chi connectivity index (χ0v) is 22.6. The second-order valence-electron chi connectivity index (χ2n) is 10.1. The molecule has 3 aromatic rings. The Balaban J connectivity index is 1.36. The van der Waals surface area contributed by atoms with E-state index < -0.39 is 35.4 Å². The van der Waals surface area contributed by atoms with Crippen molar-refractivity contribution in [1.82, 2.24) is 9.47 Å². The van der Waals surface area contributed by atoms with Crippen molar-refractivity contribution in [2.45, 2.75) is 26.1 Å². The summed E-state index contributed by atoms with van der Waals surface area (Å²) >= 11 is 5.93. The number of morpholine rings is 1. The maximum Gasteiger partial charge on any atom is 0.255 e. The van der Waals surface area contributed by atoms with Gasteiger partial charge >= 0.3 is 0 Å². The van der Waals surface area contributed by atoms with Gasteiger partial charge in [0, 0.05) is 42.1 Å². The van der Waals surface area contributed by atoms with Gasteiger partial charge in [0.1, 0.15) is 5.82 Å². The van der Waals surface area contributed by atoms with E-state index in [1.54, 1.807) is 41.3 Å². The summed E-state index contributed by atoms with van der Waals surface area (Å²) in [6, 6.07) is 15.0. The zero-order valence-electron chi connectivity index (χ0n) is 21.8. The van der Waals surface area contributed by atoms with Crippen LogP contribution in [0.25, 0.3) is 5.69 Å². The number of hydrogen-bond acceptors (Lipinski definition) is 5. The van der Waals surface area contributed by atoms with Crippen LogP contribution in [0.4, 0.5) is 15.8 Å². The maximum absolute atomic E-state index is 15.0. The fourth-order valence-electron chi connectivity index (χ4n) is 5.21. The Hall–Kier alpha value is -4.02. The number of hydrogen-bond donors (Lipinski definition) is 2. The van der Waals surface area contributed by atoms with Crippen molar-refractivity contribution >= 4 is 40.7 Å². The van der Waals surface area contributed by atoms with E-state index in [0.29, 0.717) is 23.8 Å². The molecule has 208 valence electrons. The monoisotopic (exact) mass is 566 g/mol. The van der Waals surface area contributed by atoms with E-state index in [9.17, 15) is 19.2 Å². The van der Waals surface area contributed by atoms with Gasteiger partial charge in [0.2, 0.25) is 17.7 Å². The predicted octanol–water partition coefficient (Wildman–Crippen LogP) is 3.71. The van der Waals surface area contributed by atoms with E-state index in [1.165, 1.54) is 29.0 Å². The normalized spacial score (nSPS) is 23.8. The summed E-state index contributed by atoms with van der Waals surface area (Å²) in [6.45, 7) is 4.39. The van der Waals surface area contributed by atoms with Gasteiger partial charge in [-0.25, -0.2) is 4.39 Å². The van der Waals surface area contributed by atoms with Crippen molar-refractivity contribution in [2.75, 3.05) is 23.7 Å². The molecule has 3 amide bonds. The van der Waals surface area contributed by atoms with Gasteiger partial charge in [-0.2, -0.15) is 0 Å². The van der Waals surface area contributed by atoms with E-state index in [-0.39, 0.29) is 35.0 Å². The third kappa shape index (κ3) is 5.78. The van der Waals surface area contributed by atoms with Crippen molar-refractivity contribution in [3.05, 3.63) is 88.1 Å². The maximum atomic E-state index is 15.0. The van der Waals surface area contributed by atoms with Gasteiger partial charge < -0.3 is 20.3 Å². The topological polar surface area (TPSA) is 110 Å². The largest absolute Gasteiger partial charge is 0.372 e. The standard InChI is InChI=1S/C29H28ClFN4O5/c1-16-14-34(15-17(2)40-16)29(39)26-24(27(37)32-19-8-6-18(30)7-9-19)25(26)28(38)33-22-11-10-20(13-21(22)31)35-12-4-3-5-23(35)36/h3-13,16-17,24-26H,14-15H2,1-2H3,(H,32,37)(H,33,38)/t16-,17+,24-,25+,26+/m1/s1. The number of rotatable bonds is 6. The molecule has 1 saturated heterocycles. The number of anilines is 2. The summed E-state index contributed by atoms with van der Waals surface area (Å²) in [4.78, 5) is 53.8. The van der Waals surface area contributed by atoms with Gasteiger partial charge in [-0.15, -0.1) is 0 Å². The molecule has 9 nitrogen and oxygen atoms in total. The van der Waals surface area contributed by atoms with Gasteiger partial charge in [0.25, 0.3) is 5.56 Å². The smallest absolute Gasteiger partial charge is 0.255 e. The summed E-state index contributed by atoms with van der Waals surface area (Å²) in [5, 5.41) is 5.78. The third-order valence-corrected chi connectivity index (χ3v) is 7.32. The fourth-order valence-corrected chi connectivity index (χ4v) is 5.34. The van der Waals surface area contributed by atoms with Crippen LogP contribution in [0.3, 0.4) is 0 Å². The van der Waals surface area contributed by atoms with Crippen LogP contribution in [0.2, 0.25) is 5.02 Å². The molecular weight excluding hydrogens is 539 g/mol. The number of aromatic nitrogens is 1. The van der Waals surface area contributed by atoms with Crippen LogP contribution in [0, 0.1) is 23.6 Å². The van der Waals surface area contributed by atoms with Gasteiger partial charge in [-0.05, 0) is 56.3 Å². The van der Waals surface area contributed by atoms with E-state index in [1.807, 2.05) is 13.8 Å². The molecule has 2 N–H and O–H groups in total. The van der Waals surface area contributed by atoms with Crippen molar-refractivity contribution in [2.24, 2.45) is 17.8 Å². The number of nitrogens with zero attached hydrogens (tertiary/aromatic N) is 2. The number of amides is 3. The Labute approximate surface area is 234 Å². The Bertz CT molecular complexity index is 1500. The van der Waals surface area contributed by atoms with Crippen molar-refractivity contribution < 1.29 is 23.5 Å². The van der Waals surface area contributed by atoms with Crippen molar-refractivity contribution in [3.63, 3.8) is 0 Å². The predicted molar refractivity (Wildman–Crippen MR) is 148 cm³/mol. The number of benzene rings is 2. The summed E-state index contributed by atoms with van der Waals surface area (Å²) in [6.07, 6.45) is 1.13. The second kappa shape index (κ2) is 11.2. The molecule has 0 radical (unpaired) electrons.